The maximum Gasteiger partial charge on any atom is 0.442 e. The second-order valence-corrected chi connectivity index (χ2v) is 12.0. The Morgan fingerprint density at radius 2 is 1.45 bits per heavy atom. The summed E-state index contributed by atoms with van der Waals surface area (Å²) in [6.07, 6.45) is -6.52. The molecule has 1 unspecified atom stereocenters. The molecule has 1 N–H and O–H groups in total. The highest BCUT2D eigenvalue weighted by Crippen LogP contribution is 2.53. The molecule has 17 heteroatoms. The number of hydrogen-bond donors (Lipinski definition) is 1. The summed E-state index contributed by atoms with van der Waals surface area (Å²) < 4.78 is 87.1. The van der Waals surface area contributed by atoms with E-state index in [4.69, 9.17) is 4.74 Å². The number of ether oxygens (including phenoxy) is 1. The Morgan fingerprint density at radius 1 is 0.878 bits per heavy atom. The number of amides is 1. The van der Waals surface area contributed by atoms with E-state index in [1.807, 2.05) is 4.90 Å². The molecular weight excluding hydrogens is 658 g/mol. The quantitative estimate of drug-likeness (QED) is 0.127. The smallest absolute Gasteiger partial charge is 0.442 e. The third kappa shape index (κ3) is 5.23. The van der Waals surface area contributed by atoms with Crippen LogP contribution in [0.2, 0.25) is 0 Å². The minimum atomic E-state index is -4.72. The van der Waals surface area contributed by atoms with Gasteiger partial charge < -0.3 is 14.6 Å². The Bertz CT molecular complexity index is 1990. The van der Waals surface area contributed by atoms with Crippen molar-refractivity contribution in [2.24, 2.45) is 20.5 Å². The third-order valence-electron chi connectivity index (χ3n) is 9.21. The van der Waals surface area contributed by atoms with Gasteiger partial charge in [-0.1, -0.05) is 48.5 Å². The molecule has 2 atom stereocenters. The van der Waals surface area contributed by atoms with Crippen LogP contribution in [0.1, 0.15) is 45.6 Å². The summed E-state index contributed by atoms with van der Waals surface area (Å²) in [5.74, 6) is -1.26. The Labute approximate surface area is 273 Å². The van der Waals surface area contributed by atoms with Crippen LogP contribution in [0, 0.1) is 0 Å². The van der Waals surface area contributed by atoms with E-state index in [1.54, 1.807) is 13.0 Å². The fraction of sp³-hybridized carbons (Fsp3) is 0.344. The highest BCUT2D eigenvalue weighted by Gasteiger charge is 2.66. The number of Topliss-reactive ketones (excluding diaryl/α,β-unsaturated/α-hetero) is 1. The number of methoxy groups -OCH3 is 1. The number of carbonyl (C=O) groups is 2. The van der Waals surface area contributed by atoms with Crippen LogP contribution >= 0.6 is 0 Å². The van der Waals surface area contributed by atoms with Crippen molar-refractivity contribution >= 4 is 22.7 Å². The summed E-state index contributed by atoms with van der Waals surface area (Å²) in [6, 6.07) is 11.5. The topological polar surface area (TPSA) is 128 Å². The van der Waals surface area contributed by atoms with Crippen LogP contribution in [0.15, 0.2) is 87.4 Å². The average Bonchev–Trinajstić information content (AvgIpc) is 4.00. The molecule has 254 valence electrons. The van der Waals surface area contributed by atoms with Gasteiger partial charge in [0.15, 0.2) is 0 Å². The second-order valence-electron chi connectivity index (χ2n) is 12.0. The molecule has 3 aliphatic rings. The van der Waals surface area contributed by atoms with E-state index < -0.39 is 47.5 Å². The van der Waals surface area contributed by atoms with Crippen LogP contribution in [0.4, 0.5) is 26.3 Å². The first-order chi connectivity index (χ1) is 23.2. The van der Waals surface area contributed by atoms with Crippen molar-refractivity contribution in [3.05, 3.63) is 94.8 Å². The molecule has 0 spiro atoms. The number of fused-ring (bicyclic) bond motifs is 1. The van der Waals surface area contributed by atoms with Crippen LogP contribution < -0.4 is 4.74 Å². The van der Waals surface area contributed by atoms with Crippen molar-refractivity contribution in [3.8, 4) is 5.75 Å². The maximum absolute atomic E-state index is 13.8. The first-order valence-corrected chi connectivity index (χ1v) is 15.0. The van der Waals surface area contributed by atoms with Crippen molar-refractivity contribution in [2.45, 2.75) is 49.2 Å². The first kappa shape index (κ1) is 32.4. The zero-order valence-corrected chi connectivity index (χ0v) is 25.7. The summed E-state index contributed by atoms with van der Waals surface area (Å²) in [5, 5.41) is 13.3. The molecular formula is C32H26F6N8O3. The zero-order valence-electron chi connectivity index (χ0n) is 25.7. The molecule has 2 aromatic carbocycles. The predicted molar refractivity (Wildman–Crippen MR) is 159 cm³/mol. The lowest BCUT2D eigenvalue weighted by atomic mass is 9.91. The van der Waals surface area contributed by atoms with Gasteiger partial charge in [-0.2, -0.15) is 26.3 Å². The van der Waals surface area contributed by atoms with Crippen LogP contribution in [0.25, 0.3) is 11.0 Å². The molecule has 11 nitrogen and oxygen atoms in total. The number of alkyl halides is 6. The Balaban J connectivity index is 1.18. The van der Waals surface area contributed by atoms with Crippen LogP contribution in [0.3, 0.4) is 0 Å². The fourth-order valence-electron chi connectivity index (χ4n) is 6.50. The number of H-pyrrole nitrogens is 1. The Hall–Kier alpha value is -5.19. The third-order valence-corrected chi connectivity index (χ3v) is 9.21. The summed E-state index contributed by atoms with van der Waals surface area (Å²) >= 11 is 0. The van der Waals surface area contributed by atoms with E-state index in [0.29, 0.717) is 27.9 Å². The molecule has 1 saturated heterocycles. The monoisotopic (exact) mass is 684 g/mol. The number of nitrogens with one attached hydrogen (secondary N) is 1. The van der Waals surface area contributed by atoms with E-state index in [1.165, 1.54) is 72.9 Å². The normalized spacial score (nSPS) is 21.2. The number of piperazine rings is 1. The highest BCUT2D eigenvalue weighted by molar-refractivity contribution is 6.45. The molecule has 0 aliphatic carbocycles. The number of nitrogens with zero attached hydrogens (tertiary/aromatic N) is 7. The number of pyridine rings is 1. The van der Waals surface area contributed by atoms with Gasteiger partial charge in [-0.25, -0.2) is 4.98 Å². The molecule has 4 aromatic rings. The number of carbonyl (C=O) groups excluding carboxylic acids is 2. The molecule has 5 heterocycles. The fourth-order valence-corrected chi connectivity index (χ4v) is 6.50. The summed E-state index contributed by atoms with van der Waals surface area (Å²) in [7, 11) is 1.43. The molecule has 0 saturated carbocycles. The van der Waals surface area contributed by atoms with Crippen LogP contribution in [0.5, 0.6) is 5.75 Å². The van der Waals surface area contributed by atoms with Gasteiger partial charge in [-0.3, -0.25) is 14.5 Å². The Morgan fingerprint density at radius 3 is 1.98 bits per heavy atom. The van der Waals surface area contributed by atoms with Gasteiger partial charge in [0.25, 0.3) is 11.7 Å². The highest BCUT2D eigenvalue weighted by atomic mass is 19.4. The number of aromatic amines is 1. The van der Waals surface area contributed by atoms with E-state index in [0.717, 1.165) is 0 Å². The van der Waals surface area contributed by atoms with Crippen LogP contribution in [-0.4, -0.2) is 70.1 Å². The first-order valence-electron chi connectivity index (χ1n) is 15.0. The van der Waals surface area contributed by atoms with Gasteiger partial charge in [0, 0.05) is 49.2 Å². The van der Waals surface area contributed by atoms with Crippen molar-refractivity contribution in [1.82, 2.24) is 19.8 Å². The van der Waals surface area contributed by atoms with Crippen molar-refractivity contribution in [2.75, 3.05) is 20.2 Å². The maximum atomic E-state index is 13.8. The summed E-state index contributed by atoms with van der Waals surface area (Å²) in [5.41, 5.74) is -3.89. The lowest BCUT2D eigenvalue weighted by Crippen LogP contribution is -2.56. The minimum absolute atomic E-state index is 0.0701. The van der Waals surface area contributed by atoms with Gasteiger partial charge in [-0.15, -0.1) is 20.5 Å². The van der Waals surface area contributed by atoms with Gasteiger partial charge in [-0.05, 0) is 24.1 Å². The van der Waals surface area contributed by atoms with Crippen molar-refractivity contribution in [3.63, 3.8) is 0 Å². The minimum Gasteiger partial charge on any atom is -0.496 e. The molecule has 49 heavy (non-hydrogen) atoms. The lowest BCUT2D eigenvalue weighted by molar-refractivity contribution is -0.166. The van der Waals surface area contributed by atoms with Gasteiger partial charge in [0.1, 0.15) is 11.4 Å². The number of aromatic nitrogens is 2. The molecule has 0 bridgehead atoms. The van der Waals surface area contributed by atoms with Crippen molar-refractivity contribution in [1.29, 1.82) is 0 Å². The molecule has 3 aliphatic heterocycles. The SMILES string of the molecule is COc1ccnc2[nH]cc(C(=O)C(=O)N3CCN(Cc4ccc(C5(C(F)(F)F)N=N5)cc4)[C@H](c4ccc(C5(C(F)(F)F)N=N5)cc4)C3C)c12. The number of hydrogen-bond acceptors (Lipinski definition) is 9. The predicted octanol–water partition coefficient (Wildman–Crippen LogP) is 6.59. The molecule has 1 fully saturated rings. The Kier molecular flexibility index (Phi) is 7.38. The molecule has 1 amide bonds. The number of rotatable bonds is 8. The average molecular weight is 685 g/mol. The van der Waals surface area contributed by atoms with E-state index in [2.05, 4.69) is 30.4 Å². The summed E-state index contributed by atoms with van der Waals surface area (Å²) in [6.45, 7) is 2.27. The molecule has 7 rings (SSSR count). The summed E-state index contributed by atoms with van der Waals surface area (Å²) in [4.78, 5) is 37.9. The van der Waals surface area contributed by atoms with Crippen LogP contribution in [-0.2, 0) is 22.7 Å². The van der Waals surface area contributed by atoms with Gasteiger partial charge >= 0.3 is 23.7 Å². The van der Waals surface area contributed by atoms with E-state index >= 15 is 0 Å². The molecule has 2 aromatic heterocycles. The molecule has 0 radical (unpaired) electrons. The second kappa shape index (κ2) is 11.2. The lowest BCUT2D eigenvalue weighted by Gasteiger charge is -2.46. The standard InChI is InChI=1S/C32H26F6N8O3/c1-17-25(19-5-9-21(10-6-19)30(43-44-30)32(36,37)38)45(16-18-3-7-20(8-4-18)29(41-42-29)31(33,34)35)13-14-46(17)28(48)26(47)22-15-40-27-24(22)23(49-2)11-12-39-27/h3-12,15,17,25H,13-14,16H2,1-2H3,(H,39,40)/t17?,25-/m0/s1. The largest absolute Gasteiger partial charge is 0.496 e. The van der Waals surface area contributed by atoms with Gasteiger partial charge in [0.05, 0.1) is 24.1 Å². The zero-order chi connectivity index (χ0) is 34.9. The number of halogens is 6. The number of benzene rings is 2. The van der Waals surface area contributed by atoms with E-state index in [-0.39, 0.29) is 36.3 Å². The van der Waals surface area contributed by atoms with E-state index in [9.17, 15) is 35.9 Å². The number of ketones is 1. The van der Waals surface area contributed by atoms with Crippen molar-refractivity contribution < 1.29 is 40.7 Å². The van der Waals surface area contributed by atoms with Gasteiger partial charge in [0.2, 0.25) is 0 Å².